The molecule has 0 aliphatic rings. The van der Waals surface area contributed by atoms with Crippen molar-refractivity contribution < 1.29 is 4.74 Å². The van der Waals surface area contributed by atoms with Crippen LogP contribution in [-0.4, -0.2) is 17.1 Å². The number of rotatable bonds is 3. The number of ether oxygens (including phenoxy) is 1. The Morgan fingerprint density at radius 1 is 1.00 bits per heavy atom. The number of benzene rings is 2. The molecule has 2 aromatic carbocycles. The van der Waals surface area contributed by atoms with Gasteiger partial charge in [-0.1, -0.05) is 42.5 Å². The second-order valence-corrected chi connectivity index (χ2v) is 4.81. The van der Waals surface area contributed by atoms with E-state index in [1.807, 2.05) is 54.6 Å². The van der Waals surface area contributed by atoms with Crippen LogP contribution >= 0.6 is 12.6 Å². The Balaban J connectivity index is 2.04. The molecule has 3 aromatic rings. The molecule has 1 N–H and O–H groups in total. The van der Waals surface area contributed by atoms with Gasteiger partial charge < -0.3 is 9.72 Å². The molecule has 0 saturated carbocycles. The zero-order chi connectivity index (χ0) is 13.9. The number of thiol groups is 1. The van der Waals surface area contributed by atoms with Crippen LogP contribution in [0.4, 0.5) is 0 Å². The van der Waals surface area contributed by atoms with Gasteiger partial charge >= 0.3 is 0 Å². The lowest BCUT2D eigenvalue weighted by atomic mass is 10.2. The maximum Gasteiger partial charge on any atom is 0.139 e. The van der Waals surface area contributed by atoms with Crippen molar-refractivity contribution in [3.63, 3.8) is 0 Å². The fourth-order valence-electron chi connectivity index (χ4n) is 2.08. The van der Waals surface area contributed by atoms with E-state index in [1.54, 1.807) is 7.11 Å². The van der Waals surface area contributed by atoms with Crippen LogP contribution in [0.15, 0.2) is 59.6 Å². The van der Waals surface area contributed by atoms with Crippen molar-refractivity contribution in [2.75, 3.05) is 7.11 Å². The van der Waals surface area contributed by atoms with E-state index < -0.39 is 0 Å². The number of aromatic nitrogens is 2. The van der Waals surface area contributed by atoms with Crippen LogP contribution < -0.4 is 4.74 Å². The number of hydrogen-bond donors (Lipinski definition) is 2. The number of imidazole rings is 1. The number of hydrogen-bond acceptors (Lipinski definition) is 3. The van der Waals surface area contributed by atoms with Crippen LogP contribution in [0.5, 0.6) is 5.75 Å². The van der Waals surface area contributed by atoms with Gasteiger partial charge in [0.25, 0.3) is 0 Å². The molecule has 100 valence electrons. The molecule has 1 aromatic heterocycles. The number of H-pyrrole nitrogens is 1. The van der Waals surface area contributed by atoms with Gasteiger partial charge in [-0.05, 0) is 12.1 Å². The molecule has 4 heteroatoms. The Bertz CT molecular complexity index is 722. The van der Waals surface area contributed by atoms with Gasteiger partial charge in [-0.3, -0.25) is 0 Å². The zero-order valence-electron chi connectivity index (χ0n) is 11.0. The summed E-state index contributed by atoms with van der Waals surface area (Å²) in [5, 5.41) is 0.689. The van der Waals surface area contributed by atoms with Crippen LogP contribution in [0, 0.1) is 0 Å². The van der Waals surface area contributed by atoms with Crippen molar-refractivity contribution in [1.82, 2.24) is 9.97 Å². The Morgan fingerprint density at radius 3 is 2.50 bits per heavy atom. The summed E-state index contributed by atoms with van der Waals surface area (Å²) >= 11 is 4.46. The molecule has 20 heavy (non-hydrogen) atoms. The summed E-state index contributed by atoms with van der Waals surface area (Å²) in [6.45, 7) is 0. The van der Waals surface area contributed by atoms with Gasteiger partial charge in [-0.15, -0.1) is 12.6 Å². The van der Waals surface area contributed by atoms with Crippen LogP contribution in [-0.2, 0) is 0 Å². The highest BCUT2D eigenvalue weighted by atomic mass is 32.1. The molecular formula is C16H14N2OS. The predicted octanol–water partition coefficient (Wildman–Crippen LogP) is 4.04. The minimum absolute atomic E-state index is 0.689. The predicted molar refractivity (Wildman–Crippen MR) is 83.3 cm³/mol. The van der Waals surface area contributed by atoms with E-state index in [1.165, 1.54) is 0 Å². The molecular weight excluding hydrogens is 268 g/mol. The van der Waals surface area contributed by atoms with Gasteiger partial charge in [0.2, 0.25) is 0 Å². The van der Waals surface area contributed by atoms with Crippen LogP contribution in [0.2, 0.25) is 0 Å². The molecule has 0 saturated heterocycles. The van der Waals surface area contributed by atoms with Crippen LogP contribution in [0.3, 0.4) is 0 Å². The molecule has 0 aliphatic heterocycles. The maximum atomic E-state index is 5.24. The molecule has 0 amide bonds. The highest BCUT2D eigenvalue weighted by Crippen LogP contribution is 2.29. The Labute approximate surface area is 123 Å². The van der Waals surface area contributed by atoms with E-state index >= 15 is 0 Å². The average molecular weight is 282 g/mol. The molecule has 0 spiro atoms. The summed E-state index contributed by atoms with van der Waals surface area (Å²) in [6, 6.07) is 17.8. The fourth-order valence-corrected chi connectivity index (χ4v) is 2.36. The number of nitrogens with one attached hydrogen (secondary N) is 1. The second kappa shape index (κ2) is 5.43. The first-order valence-electron chi connectivity index (χ1n) is 6.27. The summed E-state index contributed by atoms with van der Waals surface area (Å²) in [6.07, 6.45) is 0. The largest absolute Gasteiger partial charge is 0.497 e. The minimum Gasteiger partial charge on any atom is -0.497 e. The van der Waals surface area contributed by atoms with Crippen molar-refractivity contribution >= 4 is 12.6 Å². The molecule has 0 fully saturated rings. The summed E-state index contributed by atoms with van der Waals surface area (Å²) in [5.74, 6) is 1.59. The minimum atomic E-state index is 0.689. The summed E-state index contributed by atoms with van der Waals surface area (Å²) in [7, 11) is 1.65. The number of nitrogens with zero attached hydrogens (tertiary/aromatic N) is 1. The number of methoxy groups -OCH3 is 1. The van der Waals surface area contributed by atoms with Gasteiger partial charge in [0, 0.05) is 11.1 Å². The normalized spacial score (nSPS) is 10.5. The van der Waals surface area contributed by atoms with E-state index in [0.29, 0.717) is 5.03 Å². The third-order valence-electron chi connectivity index (χ3n) is 3.09. The van der Waals surface area contributed by atoms with Crippen molar-refractivity contribution in [2.24, 2.45) is 0 Å². The van der Waals surface area contributed by atoms with Crippen molar-refractivity contribution in [1.29, 1.82) is 0 Å². The summed E-state index contributed by atoms with van der Waals surface area (Å²) < 4.78 is 5.24. The Kier molecular flexibility index (Phi) is 3.48. The maximum absolute atomic E-state index is 5.24. The standard InChI is InChI=1S/C16H14N2OS/c1-19-13-9-5-8-12(10-13)15-17-14(16(20)18-15)11-6-3-2-4-7-11/h2-10,20H,1H3,(H,17,18). The summed E-state index contributed by atoms with van der Waals surface area (Å²) in [4.78, 5) is 7.81. The molecule has 1 heterocycles. The van der Waals surface area contributed by atoms with Gasteiger partial charge in [0.05, 0.1) is 12.8 Å². The smallest absolute Gasteiger partial charge is 0.139 e. The van der Waals surface area contributed by atoms with Crippen LogP contribution in [0.25, 0.3) is 22.6 Å². The van der Waals surface area contributed by atoms with Crippen molar-refractivity contribution in [3.05, 3.63) is 54.6 Å². The lowest BCUT2D eigenvalue weighted by Gasteiger charge is -2.01. The van der Waals surface area contributed by atoms with Crippen molar-refractivity contribution in [2.45, 2.75) is 5.03 Å². The van der Waals surface area contributed by atoms with E-state index in [4.69, 9.17) is 4.74 Å². The van der Waals surface area contributed by atoms with Gasteiger partial charge in [0.15, 0.2) is 0 Å². The van der Waals surface area contributed by atoms with Crippen molar-refractivity contribution in [3.8, 4) is 28.4 Å². The highest BCUT2D eigenvalue weighted by molar-refractivity contribution is 7.80. The molecule has 3 nitrogen and oxygen atoms in total. The second-order valence-electron chi connectivity index (χ2n) is 4.38. The first kappa shape index (κ1) is 12.8. The van der Waals surface area contributed by atoms with E-state index in [2.05, 4.69) is 22.6 Å². The van der Waals surface area contributed by atoms with Gasteiger partial charge in [-0.25, -0.2) is 4.98 Å². The first-order valence-corrected chi connectivity index (χ1v) is 6.71. The van der Waals surface area contributed by atoms with E-state index in [-0.39, 0.29) is 0 Å². The summed E-state index contributed by atoms with van der Waals surface area (Å²) in [5.41, 5.74) is 2.97. The lowest BCUT2D eigenvalue weighted by Crippen LogP contribution is -1.85. The SMILES string of the molecule is COc1cccc(-c2nc(S)c(-c3ccccc3)[nH]2)c1. The van der Waals surface area contributed by atoms with Gasteiger partial charge in [0.1, 0.15) is 16.6 Å². The van der Waals surface area contributed by atoms with E-state index in [0.717, 1.165) is 28.4 Å². The molecule has 0 radical (unpaired) electrons. The fraction of sp³-hybridized carbons (Fsp3) is 0.0625. The molecule has 0 atom stereocenters. The number of aromatic amines is 1. The molecule has 0 unspecified atom stereocenters. The third kappa shape index (κ3) is 2.42. The Hall–Kier alpha value is -2.20. The molecule has 0 aliphatic carbocycles. The zero-order valence-corrected chi connectivity index (χ0v) is 11.9. The third-order valence-corrected chi connectivity index (χ3v) is 3.41. The monoisotopic (exact) mass is 282 g/mol. The topological polar surface area (TPSA) is 37.9 Å². The average Bonchev–Trinajstić information content (AvgIpc) is 2.90. The lowest BCUT2D eigenvalue weighted by molar-refractivity contribution is 0.415. The molecule has 3 rings (SSSR count). The quantitative estimate of drug-likeness (QED) is 0.711. The van der Waals surface area contributed by atoms with E-state index in [9.17, 15) is 0 Å². The van der Waals surface area contributed by atoms with Gasteiger partial charge in [-0.2, -0.15) is 0 Å². The highest BCUT2D eigenvalue weighted by Gasteiger charge is 2.11. The van der Waals surface area contributed by atoms with Crippen LogP contribution in [0.1, 0.15) is 0 Å². The Morgan fingerprint density at radius 2 is 1.75 bits per heavy atom. The first-order chi connectivity index (χ1) is 9.78. The molecule has 0 bridgehead atoms.